The number of hydrogen-bond donors (Lipinski definition) is 2. The molecule has 0 spiro atoms. The molecule has 3 nitrogen and oxygen atoms in total. The van der Waals surface area contributed by atoms with E-state index in [1.165, 1.54) is 5.56 Å². The van der Waals surface area contributed by atoms with Gasteiger partial charge in [-0.2, -0.15) is 0 Å². The van der Waals surface area contributed by atoms with Crippen LogP contribution in [0.15, 0.2) is 12.1 Å². The van der Waals surface area contributed by atoms with E-state index in [-0.39, 0.29) is 12.7 Å². The zero-order valence-corrected chi connectivity index (χ0v) is 8.29. The number of fused-ring (bicyclic) bond motifs is 1. The van der Waals surface area contributed by atoms with E-state index in [1.54, 1.807) is 0 Å². The largest absolute Gasteiger partial charge is 0.487 e. The molecule has 0 saturated heterocycles. The molecule has 1 aliphatic rings. The molecule has 14 heavy (non-hydrogen) atoms. The van der Waals surface area contributed by atoms with Gasteiger partial charge in [-0.1, -0.05) is 6.07 Å². The second-order valence-corrected chi connectivity index (χ2v) is 3.73. The zero-order valence-electron chi connectivity index (χ0n) is 8.29. The molecule has 1 heterocycles. The topological polar surface area (TPSA) is 55.5 Å². The number of hydrogen-bond acceptors (Lipinski definition) is 3. The maximum Gasteiger partial charge on any atom is 0.127 e. The lowest BCUT2D eigenvalue weighted by atomic mass is 9.99. The molecule has 0 radical (unpaired) electrons. The number of aryl methyl sites for hydroxylation is 1. The predicted octanol–water partition coefficient (Wildman–Crippen LogP) is 1.26. The van der Waals surface area contributed by atoms with Crippen molar-refractivity contribution in [2.45, 2.75) is 25.9 Å². The van der Waals surface area contributed by atoms with E-state index in [0.29, 0.717) is 0 Å². The Morgan fingerprint density at radius 2 is 2.36 bits per heavy atom. The Balaban J connectivity index is 2.38. The molecule has 0 fully saturated rings. The first kappa shape index (κ1) is 9.34. The Kier molecular flexibility index (Phi) is 2.33. The van der Waals surface area contributed by atoms with Crippen molar-refractivity contribution in [3.05, 3.63) is 23.3 Å². The number of aliphatic hydroxyl groups excluding tert-OH is 1. The first-order valence-electron chi connectivity index (χ1n) is 4.88. The van der Waals surface area contributed by atoms with E-state index in [0.717, 1.165) is 29.8 Å². The quantitative estimate of drug-likeness (QED) is 0.660. The predicted molar refractivity (Wildman–Crippen MR) is 55.4 cm³/mol. The molecule has 0 amide bonds. The van der Waals surface area contributed by atoms with Crippen molar-refractivity contribution in [1.82, 2.24) is 0 Å². The van der Waals surface area contributed by atoms with Crippen LogP contribution in [0.25, 0.3) is 0 Å². The van der Waals surface area contributed by atoms with Gasteiger partial charge in [0.2, 0.25) is 0 Å². The standard InChI is InChI=1S/C11H15NO2/c1-7-10(12)5-3-8-2-4-9(6-13)14-11(7)8/h3,5,9,13H,2,4,6,12H2,1H3. The summed E-state index contributed by atoms with van der Waals surface area (Å²) in [7, 11) is 0. The lowest BCUT2D eigenvalue weighted by Gasteiger charge is -2.26. The van der Waals surface area contributed by atoms with Gasteiger partial charge in [-0.05, 0) is 31.4 Å². The Hall–Kier alpha value is -1.22. The monoisotopic (exact) mass is 193 g/mol. The van der Waals surface area contributed by atoms with Crippen molar-refractivity contribution in [3.63, 3.8) is 0 Å². The second kappa shape index (κ2) is 3.50. The van der Waals surface area contributed by atoms with Gasteiger partial charge in [0.1, 0.15) is 11.9 Å². The number of anilines is 1. The average Bonchev–Trinajstić information content (AvgIpc) is 2.23. The summed E-state index contributed by atoms with van der Waals surface area (Å²) in [6, 6.07) is 3.92. The fourth-order valence-corrected chi connectivity index (χ4v) is 1.79. The number of ether oxygens (including phenoxy) is 1. The van der Waals surface area contributed by atoms with Gasteiger partial charge in [-0.3, -0.25) is 0 Å². The molecular formula is C11H15NO2. The lowest BCUT2D eigenvalue weighted by molar-refractivity contribution is 0.0972. The van der Waals surface area contributed by atoms with Gasteiger partial charge in [-0.25, -0.2) is 0 Å². The molecule has 0 aliphatic carbocycles. The lowest BCUT2D eigenvalue weighted by Crippen LogP contribution is -2.26. The second-order valence-electron chi connectivity index (χ2n) is 3.73. The van der Waals surface area contributed by atoms with Crippen molar-refractivity contribution < 1.29 is 9.84 Å². The summed E-state index contributed by atoms with van der Waals surface area (Å²) in [5.41, 5.74) is 8.72. The SMILES string of the molecule is Cc1c(N)ccc2c1OC(CO)CC2. The smallest absolute Gasteiger partial charge is 0.127 e. The highest BCUT2D eigenvalue weighted by Crippen LogP contribution is 2.33. The summed E-state index contributed by atoms with van der Waals surface area (Å²) in [6.45, 7) is 2.03. The molecule has 1 atom stereocenters. The molecule has 2 rings (SSSR count). The van der Waals surface area contributed by atoms with Crippen LogP contribution in [0.3, 0.4) is 0 Å². The molecule has 76 valence electrons. The summed E-state index contributed by atoms with van der Waals surface area (Å²) in [6.07, 6.45) is 1.78. The van der Waals surface area contributed by atoms with Crippen LogP contribution in [-0.4, -0.2) is 17.8 Å². The number of benzene rings is 1. The summed E-state index contributed by atoms with van der Waals surface area (Å²) in [5.74, 6) is 0.871. The van der Waals surface area contributed by atoms with Gasteiger partial charge in [0.25, 0.3) is 0 Å². The van der Waals surface area contributed by atoms with Gasteiger partial charge in [0, 0.05) is 11.3 Å². The molecule has 1 unspecified atom stereocenters. The number of aliphatic hydroxyl groups is 1. The Morgan fingerprint density at radius 3 is 3.07 bits per heavy atom. The van der Waals surface area contributed by atoms with Crippen LogP contribution in [0.4, 0.5) is 5.69 Å². The van der Waals surface area contributed by atoms with Gasteiger partial charge in [-0.15, -0.1) is 0 Å². The van der Waals surface area contributed by atoms with Crippen molar-refractivity contribution in [1.29, 1.82) is 0 Å². The average molecular weight is 193 g/mol. The van der Waals surface area contributed by atoms with Crippen molar-refractivity contribution >= 4 is 5.69 Å². The van der Waals surface area contributed by atoms with Gasteiger partial charge < -0.3 is 15.6 Å². The highest BCUT2D eigenvalue weighted by atomic mass is 16.5. The van der Waals surface area contributed by atoms with E-state index in [9.17, 15) is 0 Å². The third-order valence-corrected chi connectivity index (χ3v) is 2.75. The number of nitrogen functional groups attached to an aromatic ring is 1. The fraction of sp³-hybridized carbons (Fsp3) is 0.455. The normalized spacial score (nSPS) is 20.0. The molecule has 0 bridgehead atoms. The Bertz CT molecular complexity index is 349. The molecule has 1 aromatic rings. The van der Waals surface area contributed by atoms with Gasteiger partial charge >= 0.3 is 0 Å². The minimum atomic E-state index is -0.0667. The highest BCUT2D eigenvalue weighted by Gasteiger charge is 2.21. The van der Waals surface area contributed by atoms with E-state index < -0.39 is 0 Å². The maximum absolute atomic E-state index is 9.02. The van der Waals surface area contributed by atoms with E-state index in [4.69, 9.17) is 15.6 Å². The van der Waals surface area contributed by atoms with Crippen molar-refractivity contribution in [2.24, 2.45) is 0 Å². The van der Waals surface area contributed by atoms with Crippen molar-refractivity contribution in [2.75, 3.05) is 12.3 Å². The molecule has 3 heteroatoms. The Morgan fingerprint density at radius 1 is 1.57 bits per heavy atom. The minimum absolute atomic E-state index is 0.0667. The van der Waals surface area contributed by atoms with Crippen LogP contribution in [0.1, 0.15) is 17.5 Å². The van der Waals surface area contributed by atoms with E-state index >= 15 is 0 Å². The highest BCUT2D eigenvalue weighted by molar-refractivity contribution is 5.57. The van der Waals surface area contributed by atoms with Crippen LogP contribution in [-0.2, 0) is 6.42 Å². The van der Waals surface area contributed by atoms with Crippen LogP contribution in [0, 0.1) is 6.92 Å². The third kappa shape index (κ3) is 1.44. The van der Waals surface area contributed by atoms with Gasteiger partial charge in [0.15, 0.2) is 0 Å². The first-order chi connectivity index (χ1) is 6.72. The minimum Gasteiger partial charge on any atom is -0.487 e. The van der Waals surface area contributed by atoms with Crippen LogP contribution >= 0.6 is 0 Å². The zero-order chi connectivity index (χ0) is 10.1. The van der Waals surface area contributed by atoms with E-state index in [1.807, 2.05) is 19.1 Å². The molecule has 1 aromatic carbocycles. The molecular weight excluding hydrogens is 178 g/mol. The maximum atomic E-state index is 9.02. The third-order valence-electron chi connectivity index (χ3n) is 2.75. The fourth-order valence-electron chi connectivity index (χ4n) is 1.79. The van der Waals surface area contributed by atoms with Crippen molar-refractivity contribution in [3.8, 4) is 5.75 Å². The molecule has 0 aromatic heterocycles. The summed E-state index contributed by atoms with van der Waals surface area (Å²) in [5, 5.41) is 9.02. The van der Waals surface area contributed by atoms with Crippen LogP contribution < -0.4 is 10.5 Å². The number of nitrogens with two attached hydrogens (primary N) is 1. The number of rotatable bonds is 1. The Labute approximate surface area is 83.5 Å². The molecule has 3 N–H and O–H groups in total. The molecule has 1 aliphatic heterocycles. The summed E-state index contributed by atoms with van der Waals surface area (Å²) >= 11 is 0. The summed E-state index contributed by atoms with van der Waals surface area (Å²) in [4.78, 5) is 0. The molecule has 0 saturated carbocycles. The van der Waals surface area contributed by atoms with Gasteiger partial charge in [0.05, 0.1) is 6.61 Å². The first-order valence-corrected chi connectivity index (χ1v) is 4.88. The van der Waals surface area contributed by atoms with E-state index in [2.05, 4.69) is 0 Å². The summed E-state index contributed by atoms with van der Waals surface area (Å²) < 4.78 is 5.66. The van der Waals surface area contributed by atoms with Crippen LogP contribution in [0.2, 0.25) is 0 Å². The van der Waals surface area contributed by atoms with Crippen LogP contribution in [0.5, 0.6) is 5.75 Å².